The van der Waals surface area contributed by atoms with Crippen molar-refractivity contribution in [2.45, 2.75) is 38.4 Å². The van der Waals surface area contributed by atoms with Crippen LogP contribution in [0.15, 0.2) is 24.3 Å². The van der Waals surface area contributed by atoms with Crippen molar-refractivity contribution in [1.29, 1.82) is 0 Å². The maximum Gasteiger partial charge on any atom is 0.238 e. The maximum atomic E-state index is 12.5. The molecule has 1 aromatic carbocycles. The second-order valence-electron chi connectivity index (χ2n) is 7.64. The summed E-state index contributed by atoms with van der Waals surface area (Å²) in [6.45, 7) is 8.48. The van der Waals surface area contributed by atoms with Gasteiger partial charge in [-0.1, -0.05) is 12.1 Å². The summed E-state index contributed by atoms with van der Waals surface area (Å²) in [5, 5.41) is 2.87. The number of nitrogens with zero attached hydrogens (tertiary/aromatic N) is 1. The lowest BCUT2D eigenvalue weighted by Gasteiger charge is -2.47. The van der Waals surface area contributed by atoms with Crippen LogP contribution < -0.4 is 5.32 Å². The molecule has 1 spiro atoms. The number of benzene rings is 1. The van der Waals surface area contributed by atoms with E-state index in [4.69, 9.17) is 9.47 Å². The van der Waals surface area contributed by atoms with E-state index in [9.17, 15) is 9.59 Å². The van der Waals surface area contributed by atoms with Gasteiger partial charge in [-0.2, -0.15) is 0 Å². The number of ketones is 1. The van der Waals surface area contributed by atoms with E-state index in [0.29, 0.717) is 37.6 Å². The SMILES string of the molecule is CC(=O)c1ccccc1NC(=O)CN1CC(C)(C)O[C@]2(CCOC2)C1. The second kappa shape index (κ2) is 6.86. The first kappa shape index (κ1) is 18.0. The Morgan fingerprint density at radius 2 is 2.00 bits per heavy atom. The van der Waals surface area contributed by atoms with Crippen LogP contribution in [-0.2, 0) is 14.3 Å². The molecule has 3 rings (SSSR count). The number of anilines is 1. The number of para-hydroxylation sites is 1. The van der Waals surface area contributed by atoms with Crippen LogP contribution in [0.5, 0.6) is 0 Å². The standard InChI is InChI=1S/C19H26N2O4/c1-14(22)15-6-4-5-7-16(15)20-17(23)10-21-11-18(2,3)25-19(12-21)8-9-24-13-19/h4-7H,8-13H2,1-3H3,(H,20,23)/t19-/m1/s1. The van der Waals surface area contributed by atoms with Gasteiger partial charge in [0.15, 0.2) is 5.78 Å². The van der Waals surface area contributed by atoms with Crippen LogP contribution in [0.4, 0.5) is 5.69 Å². The van der Waals surface area contributed by atoms with E-state index in [1.807, 2.05) is 19.9 Å². The Bertz CT molecular complexity index is 665. The first-order valence-corrected chi connectivity index (χ1v) is 8.69. The third-order valence-electron chi connectivity index (χ3n) is 4.62. The summed E-state index contributed by atoms with van der Waals surface area (Å²) in [4.78, 5) is 26.3. The van der Waals surface area contributed by atoms with Crippen LogP contribution in [0.3, 0.4) is 0 Å². The number of morpholine rings is 1. The number of hydrogen-bond acceptors (Lipinski definition) is 5. The topological polar surface area (TPSA) is 67.9 Å². The lowest BCUT2D eigenvalue weighted by atomic mass is 9.95. The molecule has 0 saturated carbocycles. The van der Waals surface area contributed by atoms with Crippen LogP contribution in [0, 0.1) is 0 Å². The van der Waals surface area contributed by atoms with Crippen molar-refractivity contribution in [2.75, 3.05) is 38.2 Å². The number of hydrogen-bond donors (Lipinski definition) is 1. The van der Waals surface area contributed by atoms with Crippen molar-refractivity contribution in [3.05, 3.63) is 29.8 Å². The summed E-state index contributed by atoms with van der Waals surface area (Å²) >= 11 is 0. The Hall–Kier alpha value is -1.76. The number of carbonyl (C=O) groups is 2. The third kappa shape index (κ3) is 4.26. The van der Waals surface area contributed by atoms with Crippen molar-refractivity contribution < 1.29 is 19.1 Å². The fraction of sp³-hybridized carbons (Fsp3) is 0.579. The molecule has 0 aliphatic carbocycles. The van der Waals surface area contributed by atoms with Gasteiger partial charge in [0.1, 0.15) is 5.60 Å². The number of carbonyl (C=O) groups excluding carboxylic acids is 2. The highest BCUT2D eigenvalue weighted by Gasteiger charge is 2.46. The number of rotatable bonds is 4. The molecule has 2 saturated heterocycles. The molecule has 1 N–H and O–H groups in total. The summed E-state index contributed by atoms with van der Waals surface area (Å²) in [7, 11) is 0. The minimum absolute atomic E-state index is 0.0644. The number of ether oxygens (including phenoxy) is 2. The lowest BCUT2D eigenvalue weighted by Crippen LogP contribution is -2.61. The van der Waals surface area contributed by atoms with Crippen LogP contribution in [0.2, 0.25) is 0 Å². The smallest absolute Gasteiger partial charge is 0.238 e. The summed E-state index contributed by atoms with van der Waals surface area (Å²) in [5.74, 6) is -0.189. The highest BCUT2D eigenvalue weighted by Crippen LogP contribution is 2.34. The van der Waals surface area contributed by atoms with Crippen LogP contribution >= 0.6 is 0 Å². The zero-order valence-electron chi connectivity index (χ0n) is 15.1. The normalized spacial score (nSPS) is 25.9. The molecule has 25 heavy (non-hydrogen) atoms. The van der Waals surface area contributed by atoms with Crippen molar-refractivity contribution in [3.8, 4) is 0 Å². The molecule has 2 heterocycles. The van der Waals surface area contributed by atoms with E-state index < -0.39 is 0 Å². The first-order valence-electron chi connectivity index (χ1n) is 8.69. The number of amides is 1. The Labute approximate surface area is 148 Å². The van der Waals surface area contributed by atoms with Gasteiger partial charge in [-0.25, -0.2) is 0 Å². The van der Waals surface area contributed by atoms with Gasteiger partial charge in [-0.05, 0) is 32.9 Å². The van der Waals surface area contributed by atoms with Gasteiger partial charge >= 0.3 is 0 Å². The molecule has 2 aliphatic rings. The van der Waals surface area contributed by atoms with Gasteiger partial charge in [0.25, 0.3) is 0 Å². The minimum Gasteiger partial charge on any atom is -0.378 e. The fourth-order valence-electron chi connectivity index (χ4n) is 3.85. The number of Topliss-reactive ketones (excluding diaryl/α,β-unsaturated/α-hetero) is 1. The summed E-state index contributed by atoms with van der Waals surface area (Å²) in [5.41, 5.74) is 0.438. The average Bonchev–Trinajstić information content (AvgIpc) is 2.92. The highest BCUT2D eigenvalue weighted by molar-refractivity contribution is 6.04. The van der Waals surface area contributed by atoms with Crippen LogP contribution in [-0.4, -0.2) is 60.6 Å². The zero-order chi connectivity index (χ0) is 18.1. The van der Waals surface area contributed by atoms with Crippen molar-refractivity contribution in [3.63, 3.8) is 0 Å². The molecule has 0 radical (unpaired) electrons. The van der Waals surface area contributed by atoms with E-state index in [-0.39, 0.29) is 29.4 Å². The van der Waals surface area contributed by atoms with Crippen LogP contribution in [0.25, 0.3) is 0 Å². The van der Waals surface area contributed by atoms with E-state index in [0.717, 1.165) is 6.42 Å². The molecule has 6 nitrogen and oxygen atoms in total. The maximum absolute atomic E-state index is 12.5. The molecule has 0 unspecified atom stereocenters. The molecule has 136 valence electrons. The predicted octanol–water partition coefficient (Wildman–Crippen LogP) is 2.10. The lowest BCUT2D eigenvalue weighted by molar-refractivity contribution is -0.195. The quantitative estimate of drug-likeness (QED) is 0.846. The minimum atomic E-state index is -0.330. The van der Waals surface area contributed by atoms with Crippen LogP contribution in [0.1, 0.15) is 37.6 Å². The van der Waals surface area contributed by atoms with Gasteiger partial charge in [0, 0.05) is 31.7 Å². The molecular formula is C19H26N2O4. The summed E-state index contributed by atoms with van der Waals surface area (Å²) in [6, 6.07) is 7.08. The predicted molar refractivity (Wildman–Crippen MR) is 94.8 cm³/mol. The van der Waals surface area contributed by atoms with Gasteiger partial charge in [0.2, 0.25) is 5.91 Å². The molecule has 2 aliphatic heterocycles. The molecule has 0 bridgehead atoms. The Kier molecular flexibility index (Phi) is 4.95. The molecule has 1 atom stereocenters. The van der Waals surface area contributed by atoms with Gasteiger partial charge < -0.3 is 14.8 Å². The Morgan fingerprint density at radius 1 is 1.24 bits per heavy atom. The van der Waals surface area contributed by atoms with Gasteiger partial charge in [-0.3, -0.25) is 14.5 Å². The molecule has 6 heteroatoms. The fourth-order valence-corrected chi connectivity index (χ4v) is 3.85. The van der Waals surface area contributed by atoms with E-state index in [1.165, 1.54) is 6.92 Å². The Balaban J connectivity index is 1.67. The van der Waals surface area contributed by atoms with E-state index in [1.54, 1.807) is 18.2 Å². The molecule has 0 aromatic heterocycles. The monoisotopic (exact) mass is 346 g/mol. The first-order chi connectivity index (χ1) is 11.8. The van der Waals surface area contributed by atoms with Gasteiger partial charge in [-0.15, -0.1) is 0 Å². The van der Waals surface area contributed by atoms with Crippen molar-refractivity contribution in [1.82, 2.24) is 4.90 Å². The average molecular weight is 346 g/mol. The van der Waals surface area contributed by atoms with Gasteiger partial charge in [0.05, 0.1) is 24.4 Å². The van der Waals surface area contributed by atoms with E-state index in [2.05, 4.69) is 10.2 Å². The highest BCUT2D eigenvalue weighted by atomic mass is 16.6. The number of nitrogens with one attached hydrogen (secondary N) is 1. The van der Waals surface area contributed by atoms with Crippen molar-refractivity contribution in [2.24, 2.45) is 0 Å². The van der Waals surface area contributed by atoms with E-state index >= 15 is 0 Å². The Morgan fingerprint density at radius 3 is 2.68 bits per heavy atom. The molecule has 2 fully saturated rings. The van der Waals surface area contributed by atoms with Crippen molar-refractivity contribution >= 4 is 17.4 Å². The molecule has 1 amide bonds. The third-order valence-corrected chi connectivity index (χ3v) is 4.62. The summed E-state index contributed by atoms with van der Waals surface area (Å²) < 4.78 is 11.8. The zero-order valence-corrected chi connectivity index (χ0v) is 15.1. The largest absolute Gasteiger partial charge is 0.378 e. The molecule has 1 aromatic rings. The molecular weight excluding hydrogens is 320 g/mol. The second-order valence-corrected chi connectivity index (χ2v) is 7.64. The summed E-state index contributed by atoms with van der Waals surface area (Å²) in [6.07, 6.45) is 0.849.